The van der Waals surface area contributed by atoms with Gasteiger partial charge in [-0.3, -0.25) is 4.79 Å². The van der Waals surface area contributed by atoms with Gasteiger partial charge in [0.25, 0.3) is 0 Å². The number of carbonyl (C=O) groups excluding carboxylic acids is 1. The Hall–Kier alpha value is -2.57. The normalized spacial score (nSPS) is 11.1. The summed E-state index contributed by atoms with van der Waals surface area (Å²) in [5.41, 5.74) is -1.75. The van der Waals surface area contributed by atoms with Crippen molar-refractivity contribution in [1.82, 2.24) is 0 Å². The molecule has 0 unspecified atom stereocenters. The zero-order valence-corrected chi connectivity index (χ0v) is 11.3. The van der Waals surface area contributed by atoms with Crippen molar-refractivity contribution in [3.8, 4) is 17.2 Å². The molecule has 0 radical (unpaired) electrons. The minimum absolute atomic E-state index is 0.00531. The molecule has 0 atom stereocenters. The van der Waals surface area contributed by atoms with Gasteiger partial charge in [0.15, 0.2) is 17.8 Å². The van der Waals surface area contributed by atoms with Crippen LogP contribution in [-0.4, -0.2) is 13.4 Å². The van der Waals surface area contributed by atoms with Crippen molar-refractivity contribution >= 4 is 6.29 Å². The van der Waals surface area contributed by atoms with Crippen LogP contribution in [0.4, 0.5) is 17.6 Å². The fourth-order valence-corrected chi connectivity index (χ4v) is 1.85. The lowest BCUT2D eigenvalue weighted by atomic mass is 10.1. The summed E-state index contributed by atoms with van der Waals surface area (Å²) in [6.45, 7) is 0. The van der Waals surface area contributed by atoms with Crippen LogP contribution in [0.1, 0.15) is 15.9 Å². The van der Waals surface area contributed by atoms with Crippen LogP contribution >= 0.6 is 0 Å². The number of aldehydes is 1. The molecule has 0 N–H and O–H groups in total. The topological polar surface area (TPSA) is 35.5 Å². The van der Waals surface area contributed by atoms with Gasteiger partial charge in [0.05, 0.1) is 18.2 Å². The molecule has 0 saturated carbocycles. The van der Waals surface area contributed by atoms with Gasteiger partial charge in [-0.2, -0.15) is 13.2 Å². The maximum atomic E-state index is 13.1. The van der Waals surface area contributed by atoms with Gasteiger partial charge in [0.2, 0.25) is 0 Å². The van der Waals surface area contributed by atoms with Gasteiger partial charge >= 0.3 is 6.18 Å². The highest BCUT2D eigenvalue weighted by atomic mass is 19.4. The van der Waals surface area contributed by atoms with Crippen molar-refractivity contribution in [3.63, 3.8) is 0 Å². The van der Waals surface area contributed by atoms with E-state index in [4.69, 9.17) is 9.47 Å². The third-order valence-corrected chi connectivity index (χ3v) is 2.83. The molecule has 0 amide bonds. The van der Waals surface area contributed by atoms with E-state index in [-0.39, 0.29) is 23.5 Å². The maximum Gasteiger partial charge on any atom is 0.417 e. The van der Waals surface area contributed by atoms with Crippen LogP contribution in [0.25, 0.3) is 0 Å². The van der Waals surface area contributed by atoms with Gasteiger partial charge < -0.3 is 9.47 Å². The van der Waals surface area contributed by atoms with E-state index in [1.54, 1.807) is 0 Å². The lowest BCUT2D eigenvalue weighted by molar-refractivity contribution is -0.137. The van der Waals surface area contributed by atoms with E-state index in [9.17, 15) is 22.4 Å². The Balaban J connectivity index is 2.49. The summed E-state index contributed by atoms with van der Waals surface area (Å²) >= 11 is 0. The first-order chi connectivity index (χ1) is 10.4. The Morgan fingerprint density at radius 1 is 1.05 bits per heavy atom. The van der Waals surface area contributed by atoms with Crippen molar-refractivity contribution in [3.05, 3.63) is 53.3 Å². The third-order valence-electron chi connectivity index (χ3n) is 2.83. The van der Waals surface area contributed by atoms with Crippen LogP contribution in [-0.2, 0) is 6.18 Å². The molecule has 116 valence electrons. The Kier molecular flexibility index (Phi) is 4.35. The molecule has 0 fully saturated rings. The van der Waals surface area contributed by atoms with Crippen molar-refractivity contribution in [2.24, 2.45) is 0 Å². The number of alkyl halides is 3. The van der Waals surface area contributed by atoms with E-state index in [0.717, 1.165) is 24.3 Å². The van der Waals surface area contributed by atoms with E-state index >= 15 is 0 Å². The molecule has 0 aliphatic heterocycles. The van der Waals surface area contributed by atoms with Crippen molar-refractivity contribution in [1.29, 1.82) is 0 Å². The Bertz CT molecular complexity index is 696. The van der Waals surface area contributed by atoms with Gasteiger partial charge in [-0.05, 0) is 24.3 Å². The van der Waals surface area contributed by atoms with Gasteiger partial charge in [0.1, 0.15) is 11.6 Å². The standard InChI is InChI=1S/C15H10F4O3/c1-21-14-7-9(16)5-6-13(14)22-12-4-2-3-11(10(12)8-20)15(17,18)19/h2-8H,1H3. The number of carbonyl (C=O) groups is 1. The predicted molar refractivity (Wildman–Crippen MR) is 69.9 cm³/mol. The molecule has 2 aromatic rings. The molecule has 0 bridgehead atoms. The molecule has 0 aliphatic rings. The van der Waals surface area contributed by atoms with Crippen LogP contribution in [0, 0.1) is 5.82 Å². The average molecular weight is 314 g/mol. The van der Waals surface area contributed by atoms with E-state index in [0.29, 0.717) is 0 Å². The number of ether oxygens (including phenoxy) is 2. The fraction of sp³-hybridized carbons (Fsp3) is 0.133. The molecule has 22 heavy (non-hydrogen) atoms. The van der Waals surface area contributed by atoms with Crippen molar-refractivity contribution in [2.75, 3.05) is 7.11 Å². The fourth-order valence-electron chi connectivity index (χ4n) is 1.85. The lowest BCUT2D eigenvalue weighted by Crippen LogP contribution is -2.09. The zero-order valence-electron chi connectivity index (χ0n) is 11.3. The zero-order chi connectivity index (χ0) is 16.3. The monoisotopic (exact) mass is 314 g/mol. The first kappa shape index (κ1) is 15.8. The van der Waals surface area contributed by atoms with Crippen molar-refractivity contribution < 1.29 is 31.8 Å². The molecule has 7 heteroatoms. The van der Waals surface area contributed by atoms with Crippen LogP contribution in [0.5, 0.6) is 17.2 Å². The van der Waals surface area contributed by atoms with Gasteiger partial charge in [-0.1, -0.05) is 6.07 Å². The smallest absolute Gasteiger partial charge is 0.417 e. The van der Waals surface area contributed by atoms with E-state index in [2.05, 4.69) is 0 Å². The quantitative estimate of drug-likeness (QED) is 0.617. The summed E-state index contributed by atoms with van der Waals surface area (Å²) in [5.74, 6) is -0.904. The van der Waals surface area contributed by atoms with Crippen LogP contribution in [0.2, 0.25) is 0 Å². The molecular weight excluding hydrogens is 304 g/mol. The number of rotatable bonds is 4. The highest BCUT2D eigenvalue weighted by Crippen LogP contribution is 2.38. The summed E-state index contributed by atoms with van der Waals surface area (Å²) in [7, 11) is 1.26. The first-order valence-electron chi connectivity index (χ1n) is 6.03. The van der Waals surface area contributed by atoms with Gasteiger partial charge in [-0.25, -0.2) is 4.39 Å². The lowest BCUT2D eigenvalue weighted by Gasteiger charge is -2.15. The molecule has 0 spiro atoms. The maximum absolute atomic E-state index is 13.1. The van der Waals surface area contributed by atoms with E-state index in [1.807, 2.05) is 0 Å². The summed E-state index contributed by atoms with van der Waals surface area (Å²) in [6.07, 6.45) is -4.63. The number of halogens is 4. The number of methoxy groups -OCH3 is 1. The van der Waals surface area contributed by atoms with E-state index in [1.165, 1.54) is 19.2 Å². The summed E-state index contributed by atoms with van der Waals surface area (Å²) in [4.78, 5) is 11.0. The number of hydrogen-bond acceptors (Lipinski definition) is 3. The van der Waals surface area contributed by atoms with Crippen LogP contribution < -0.4 is 9.47 Å². The SMILES string of the molecule is COc1cc(F)ccc1Oc1cccc(C(F)(F)F)c1C=O. The molecule has 2 aromatic carbocycles. The van der Waals surface area contributed by atoms with E-state index < -0.39 is 23.1 Å². The summed E-state index contributed by atoms with van der Waals surface area (Å²) in [5, 5.41) is 0. The van der Waals surface area contributed by atoms with Crippen LogP contribution in [0.15, 0.2) is 36.4 Å². The highest BCUT2D eigenvalue weighted by Gasteiger charge is 2.34. The minimum Gasteiger partial charge on any atom is -0.493 e. The Morgan fingerprint density at radius 2 is 1.77 bits per heavy atom. The second-order valence-corrected chi connectivity index (χ2v) is 4.23. The van der Waals surface area contributed by atoms with Crippen LogP contribution in [0.3, 0.4) is 0 Å². The second kappa shape index (κ2) is 6.05. The Labute approximate surface area is 123 Å². The summed E-state index contributed by atoms with van der Waals surface area (Å²) in [6, 6.07) is 6.37. The molecule has 0 aliphatic carbocycles. The van der Waals surface area contributed by atoms with Gasteiger partial charge in [-0.15, -0.1) is 0 Å². The van der Waals surface area contributed by atoms with Crippen molar-refractivity contribution in [2.45, 2.75) is 6.18 Å². The average Bonchev–Trinajstić information content (AvgIpc) is 2.47. The van der Waals surface area contributed by atoms with Gasteiger partial charge in [0, 0.05) is 6.07 Å². The third kappa shape index (κ3) is 3.19. The first-order valence-corrected chi connectivity index (χ1v) is 6.03. The molecule has 0 heterocycles. The predicted octanol–water partition coefficient (Wildman–Crippen LogP) is 4.46. The molecule has 0 saturated heterocycles. The second-order valence-electron chi connectivity index (χ2n) is 4.23. The molecule has 0 aromatic heterocycles. The minimum atomic E-state index is -4.69. The molecular formula is C15H10F4O3. The highest BCUT2D eigenvalue weighted by molar-refractivity contribution is 5.82. The molecule has 2 rings (SSSR count). The largest absolute Gasteiger partial charge is 0.493 e. The molecule has 3 nitrogen and oxygen atoms in total. The number of hydrogen-bond donors (Lipinski definition) is 0. The number of benzene rings is 2. The summed E-state index contributed by atoms with van der Waals surface area (Å²) < 4.78 is 61.9. The Morgan fingerprint density at radius 3 is 2.36 bits per heavy atom.